The van der Waals surface area contributed by atoms with Crippen molar-refractivity contribution in [2.45, 2.75) is 47.0 Å². The van der Waals surface area contributed by atoms with Gasteiger partial charge in [-0.3, -0.25) is 4.79 Å². The van der Waals surface area contributed by atoms with Gasteiger partial charge in [-0.25, -0.2) is 4.79 Å². The first-order valence-electron chi connectivity index (χ1n) is 9.35. The number of amides is 1. The van der Waals surface area contributed by atoms with Crippen molar-refractivity contribution in [2.24, 2.45) is 0 Å². The first-order valence-corrected chi connectivity index (χ1v) is 10.2. The fourth-order valence-corrected chi connectivity index (χ4v) is 3.85. The quantitative estimate of drug-likeness (QED) is 0.471. The number of benzene rings is 1. The molecule has 1 heterocycles. The van der Waals surface area contributed by atoms with Gasteiger partial charge in [0.05, 0.1) is 18.8 Å². The van der Waals surface area contributed by atoms with Crippen LogP contribution in [0.5, 0.6) is 5.75 Å². The number of anilines is 1. The molecule has 0 saturated carbocycles. The molecule has 1 aromatic heterocycles. The molecule has 1 aromatic carbocycles. The SMILES string of the molecule is CCCCOc1ccc(C(=O)Nc2sc(C)c(CC)c2C(=O)OCC)cc1. The van der Waals surface area contributed by atoms with E-state index in [0.29, 0.717) is 35.8 Å². The molecule has 0 aliphatic rings. The van der Waals surface area contributed by atoms with Crippen molar-refractivity contribution in [1.82, 2.24) is 0 Å². The average molecular weight is 390 g/mol. The van der Waals surface area contributed by atoms with Gasteiger partial charge in [-0.1, -0.05) is 20.3 Å². The van der Waals surface area contributed by atoms with E-state index in [9.17, 15) is 9.59 Å². The fraction of sp³-hybridized carbons (Fsp3) is 0.429. The lowest BCUT2D eigenvalue weighted by molar-refractivity contribution is 0.0527. The highest BCUT2D eigenvalue weighted by molar-refractivity contribution is 7.16. The molecule has 2 rings (SSSR count). The summed E-state index contributed by atoms with van der Waals surface area (Å²) in [5.41, 5.74) is 1.90. The minimum Gasteiger partial charge on any atom is -0.494 e. The number of hydrogen-bond acceptors (Lipinski definition) is 5. The van der Waals surface area contributed by atoms with E-state index in [1.807, 2.05) is 13.8 Å². The Kier molecular flexibility index (Phi) is 7.85. The maximum absolute atomic E-state index is 12.6. The summed E-state index contributed by atoms with van der Waals surface area (Å²) in [6, 6.07) is 7.02. The topological polar surface area (TPSA) is 64.6 Å². The van der Waals surface area contributed by atoms with Gasteiger partial charge < -0.3 is 14.8 Å². The van der Waals surface area contributed by atoms with Gasteiger partial charge in [0.1, 0.15) is 10.8 Å². The van der Waals surface area contributed by atoms with Gasteiger partial charge in [0.25, 0.3) is 5.91 Å². The molecule has 1 amide bonds. The van der Waals surface area contributed by atoms with Crippen LogP contribution in [0.3, 0.4) is 0 Å². The maximum atomic E-state index is 12.6. The number of carbonyl (C=O) groups excluding carboxylic acids is 2. The zero-order valence-electron chi connectivity index (χ0n) is 16.4. The van der Waals surface area contributed by atoms with Gasteiger partial charge >= 0.3 is 5.97 Å². The first-order chi connectivity index (χ1) is 13.0. The minimum atomic E-state index is -0.395. The molecule has 27 heavy (non-hydrogen) atoms. The molecule has 0 saturated heterocycles. The summed E-state index contributed by atoms with van der Waals surface area (Å²) >= 11 is 1.40. The second kappa shape index (κ2) is 10.1. The van der Waals surface area contributed by atoms with Crippen LogP contribution >= 0.6 is 11.3 Å². The summed E-state index contributed by atoms with van der Waals surface area (Å²) < 4.78 is 10.8. The van der Waals surface area contributed by atoms with Gasteiger partial charge in [0.15, 0.2) is 0 Å². The monoisotopic (exact) mass is 389 g/mol. The van der Waals surface area contributed by atoms with E-state index in [4.69, 9.17) is 9.47 Å². The lowest BCUT2D eigenvalue weighted by Crippen LogP contribution is -2.15. The Morgan fingerprint density at radius 2 is 1.81 bits per heavy atom. The molecule has 0 atom stereocenters. The van der Waals surface area contributed by atoms with Gasteiger partial charge in [-0.2, -0.15) is 0 Å². The second-order valence-electron chi connectivity index (χ2n) is 6.10. The van der Waals surface area contributed by atoms with E-state index < -0.39 is 5.97 Å². The number of ether oxygens (including phenoxy) is 2. The van der Waals surface area contributed by atoms with Crippen LogP contribution in [0, 0.1) is 6.92 Å². The van der Waals surface area contributed by atoms with E-state index in [1.54, 1.807) is 31.2 Å². The van der Waals surface area contributed by atoms with E-state index in [-0.39, 0.29) is 5.91 Å². The molecule has 0 spiro atoms. The Morgan fingerprint density at radius 3 is 2.41 bits per heavy atom. The van der Waals surface area contributed by atoms with Crippen LogP contribution in [0.2, 0.25) is 0 Å². The molecular formula is C21H27NO4S. The molecule has 1 N–H and O–H groups in total. The second-order valence-corrected chi connectivity index (χ2v) is 7.32. The van der Waals surface area contributed by atoms with Crippen molar-refractivity contribution in [3.8, 4) is 5.75 Å². The van der Waals surface area contributed by atoms with Gasteiger partial charge in [0.2, 0.25) is 0 Å². The Hall–Kier alpha value is -2.34. The van der Waals surface area contributed by atoms with Gasteiger partial charge in [-0.15, -0.1) is 11.3 Å². The third kappa shape index (κ3) is 5.32. The lowest BCUT2D eigenvalue weighted by Gasteiger charge is -2.09. The Morgan fingerprint density at radius 1 is 1.11 bits per heavy atom. The van der Waals surface area contributed by atoms with Crippen molar-refractivity contribution in [1.29, 1.82) is 0 Å². The standard InChI is InChI=1S/C21H27NO4S/c1-5-8-13-26-16-11-9-15(10-12-16)19(23)22-20-18(21(24)25-7-3)17(6-2)14(4)27-20/h9-12H,5-8,13H2,1-4H3,(H,22,23). The predicted molar refractivity (Wildman–Crippen MR) is 109 cm³/mol. The van der Waals surface area contributed by atoms with E-state index in [0.717, 1.165) is 29.0 Å². The third-order valence-electron chi connectivity index (χ3n) is 4.15. The van der Waals surface area contributed by atoms with Crippen LogP contribution in [0.1, 0.15) is 64.8 Å². The Bertz CT molecular complexity index is 780. The molecular weight excluding hydrogens is 362 g/mol. The third-order valence-corrected chi connectivity index (χ3v) is 5.22. The largest absolute Gasteiger partial charge is 0.494 e. The summed E-state index contributed by atoms with van der Waals surface area (Å²) in [4.78, 5) is 26.0. The maximum Gasteiger partial charge on any atom is 0.341 e. The molecule has 2 aromatic rings. The smallest absolute Gasteiger partial charge is 0.341 e. The number of hydrogen-bond donors (Lipinski definition) is 1. The summed E-state index contributed by atoms with van der Waals surface area (Å²) in [5, 5.41) is 3.41. The molecule has 0 radical (unpaired) electrons. The van der Waals surface area contributed by atoms with Crippen molar-refractivity contribution < 1.29 is 19.1 Å². The number of unbranched alkanes of at least 4 members (excludes halogenated alkanes) is 1. The molecule has 146 valence electrons. The molecule has 5 nitrogen and oxygen atoms in total. The number of thiophene rings is 1. The van der Waals surface area contributed by atoms with Crippen molar-refractivity contribution in [3.63, 3.8) is 0 Å². The summed E-state index contributed by atoms with van der Waals surface area (Å²) in [6.45, 7) is 8.77. The highest BCUT2D eigenvalue weighted by atomic mass is 32.1. The summed E-state index contributed by atoms with van der Waals surface area (Å²) in [6.07, 6.45) is 2.77. The molecule has 0 bridgehead atoms. The van der Waals surface area contributed by atoms with Crippen molar-refractivity contribution in [3.05, 3.63) is 45.8 Å². The Balaban J connectivity index is 2.16. The highest BCUT2D eigenvalue weighted by Crippen LogP contribution is 2.34. The summed E-state index contributed by atoms with van der Waals surface area (Å²) in [5.74, 6) is 0.0886. The average Bonchev–Trinajstić information content (AvgIpc) is 2.97. The predicted octanol–water partition coefficient (Wildman–Crippen LogP) is 5.23. The van der Waals surface area contributed by atoms with E-state index in [2.05, 4.69) is 12.2 Å². The van der Waals surface area contributed by atoms with E-state index in [1.165, 1.54) is 11.3 Å². The normalized spacial score (nSPS) is 10.5. The molecule has 0 fully saturated rings. The molecule has 0 aliphatic carbocycles. The zero-order valence-corrected chi connectivity index (χ0v) is 17.2. The van der Waals surface area contributed by atoms with Crippen LogP contribution in [-0.4, -0.2) is 25.1 Å². The van der Waals surface area contributed by atoms with Crippen LogP contribution in [0.4, 0.5) is 5.00 Å². The number of rotatable bonds is 9. The van der Waals surface area contributed by atoms with Crippen molar-refractivity contribution in [2.75, 3.05) is 18.5 Å². The van der Waals surface area contributed by atoms with Gasteiger partial charge in [0, 0.05) is 10.4 Å². The van der Waals surface area contributed by atoms with E-state index >= 15 is 0 Å². The molecule has 0 aliphatic heterocycles. The molecule has 0 unspecified atom stereocenters. The van der Waals surface area contributed by atoms with Crippen molar-refractivity contribution >= 4 is 28.2 Å². The highest BCUT2D eigenvalue weighted by Gasteiger charge is 2.23. The number of nitrogens with one attached hydrogen (secondary N) is 1. The van der Waals surface area contributed by atoms with Crippen LogP contribution in [-0.2, 0) is 11.2 Å². The van der Waals surface area contributed by atoms with Crippen LogP contribution in [0.25, 0.3) is 0 Å². The number of carbonyl (C=O) groups is 2. The molecule has 6 heteroatoms. The summed E-state index contributed by atoms with van der Waals surface area (Å²) in [7, 11) is 0. The Labute approximate surface area is 164 Å². The first kappa shape index (κ1) is 21.0. The van der Waals surface area contributed by atoms with Gasteiger partial charge in [-0.05, 0) is 56.5 Å². The van der Waals surface area contributed by atoms with Crippen LogP contribution in [0.15, 0.2) is 24.3 Å². The lowest BCUT2D eigenvalue weighted by atomic mass is 10.1. The number of aryl methyl sites for hydroxylation is 1. The van der Waals surface area contributed by atoms with Crippen LogP contribution < -0.4 is 10.1 Å². The minimum absolute atomic E-state index is 0.260. The fourth-order valence-electron chi connectivity index (χ4n) is 2.72. The zero-order chi connectivity index (χ0) is 19.8. The number of esters is 1.